The third-order valence-corrected chi connectivity index (χ3v) is 3.30. The number of aliphatic hydroxyl groups excluding tert-OH is 1. The van der Waals surface area contributed by atoms with Gasteiger partial charge in [0.15, 0.2) is 0 Å². The second kappa shape index (κ2) is 5.49. The number of rotatable bonds is 5. The molecule has 2 N–H and O–H groups in total. The van der Waals surface area contributed by atoms with Gasteiger partial charge in [0, 0.05) is 23.6 Å². The minimum absolute atomic E-state index is 0.238. The predicted octanol–water partition coefficient (Wildman–Crippen LogP) is 2.48. The first-order valence-corrected chi connectivity index (χ1v) is 5.94. The van der Waals surface area contributed by atoms with E-state index < -0.39 is 0 Å². The normalized spacial score (nSPS) is 13.5. The molecule has 0 saturated carbocycles. The maximum Gasteiger partial charge on any atom is 0.0449 e. The Morgan fingerprint density at radius 2 is 2.21 bits per heavy atom. The lowest BCUT2D eigenvalue weighted by atomic mass is 10.1. The molecule has 1 aromatic rings. The van der Waals surface area contributed by atoms with Crippen molar-refractivity contribution in [3.05, 3.63) is 21.9 Å². The average molecular weight is 213 g/mol. The molecule has 0 fully saturated rings. The fraction of sp³-hybridized carbons (Fsp3) is 0.636. The first kappa shape index (κ1) is 11.7. The fourth-order valence-electron chi connectivity index (χ4n) is 1.56. The van der Waals surface area contributed by atoms with E-state index in [1.807, 2.05) is 0 Å². The maximum absolute atomic E-state index is 9.00. The topological polar surface area (TPSA) is 32.3 Å². The van der Waals surface area contributed by atoms with Crippen LogP contribution in [0.2, 0.25) is 0 Å². The molecule has 0 aliphatic rings. The molecule has 1 rings (SSSR count). The molecule has 0 aliphatic carbocycles. The number of thiophene rings is 1. The molecule has 0 spiro atoms. The highest BCUT2D eigenvalue weighted by atomic mass is 32.1. The smallest absolute Gasteiger partial charge is 0.0449 e. The lowest BCUT2D eigenvalue weighted by molar-refractivity contribution is 0.262. The van der Waals surface area contributed by atoms with Crippen LogP contribution in [-0.4, -0.2) is 17.8 Å². The molecule has 0 bridgehead atoms. The van der Waals surface area contributed by atoms with Crippen LogP contribution in [-0.2, 0) is 0 Å². The van der Waals surface area contributed by atoms with Gasteiger partial charge in [0.1, 0.15) is 0 Å². The monoisotopic (exact) mass is 213 g/mol. The second-order valence-electron chi connectivity index (χ2n) is 3.85. The summed E-state index contributed by atoms with van der Waals surface area (Å²) in [7, 11) is 0. The molecule has 1 atom stereocenters. The van der Waals surface area contributed by atoms with E-state index in [2.05, 4.69) is 37.5 Å². The molecule has 2 nitrogen and oxygen atoms in total. The molecule has 0 amide bonds. The van der Waals surface area contributed by atoms with Crippen molar-refractivity contribution in [2.45, 2.75) is 39.3 Å². The van der Waals surface area contributed by atoms with Crippen molar-refractivity contribution in [1.29, 1.82) is 0 Å². The third-order valence-electron chi connectivity index (χ3n) is 2.17. The molecule has 1 heterocycles. The first-order chi connectivity index (χ1) is 6.65. The van der Waals surface area contributed by atoms with Crippen molar-refractivity contribution in [2.75, 3.05) is 6.61 Å². The number of nitrogens with one attached hydrogen (secondary N) is 1. The summed E-state index contributed by atoms with van der Waals surface area (Å²) in [4.78, 5) is 1.35. The summed E-state index contributed by atoms with van der Waals surface area (Å²) in [5.41, 5.74) is 1.32. The predicted molar refractivity (Wildman–Crippen MR) is 61.8 cm³/mol. The van der Waals surface area contributed by atoms with Gasteiger partial charge in [0.2, 0.25) is 0 Å². The van der Waals surface area contributed by atoms with Gasteiger partial charge in [0.25, 0.3) is 0 Å². The fourth-order valence-corrected chi connectivity index (χ4v) is 2.59. The summed E-state index contributed by atoms with van der Waals surface area (Å²) >= 11 is 1.77. The lowest BCUT2D eigenvalue weighted by Gasteiger charge is -2.20. The van der Waals surface area contributed by atoms with Crippen LogP contribution in [0.3, 0.4) is 0 Å². The molecular weight excluding hydrogens is 194 g/mol. The van der Waals surface area contributed by atoms with Crippen molar-refractivity contribution in [2.24, 2.45) is 0 Å². The van der Waals surface area contributed by atoms with Crippen LogP contribution in [0.15, 0.2) is 11.4 Å². The lowest BCUT2D eigenvalue weighted by Crippen LogP contribution is -2.28. The Labute approximate surface area is 90.0 Å². The second-order valence-corrected chi connectivity index (χ2v) is 4.80. The Balaban J connectivity index is 2.72. The van der Waals surface area contributed by atoms with Crippen molar-refractivity contribution < 1.29 is 5.11 Å². The third kappa shape index (κ3) is 3.08. The van der Waals surface area contributed by atoms with Crippen LogP contribution in [0, 0.1) is 6.92 Å². The summed E-state index contributed by atoms with van der Waals surface area (Å²) < 4.78 is 0. The van der Waals surface area contributed by atoms with Gasteiger partial charge in [-0.25, -0.2) is 0 Å². The zero-order valence-electron chi connectivity index (χ0n) is 9.08. The van der Waals surface area contributed by atoms with Gasteiger partial charge in [-0.1, -0.05) is 13.8 Å². The Hall–Kier alpha value is -0.380. The first-order valence-electron chi connectivity index (χ1n) is 5.06. The standard InChI is InChI=1S/C11H19NOS/c1-8(2)12-10(4-6-13)11-9(3)5-7-14-11/h5,7-8,10,12-13H,4,6H2,1-3H3/t10-/m1/s1. The minimum Gasteiger partial charge on any atom is -0.396 e. The van der Waals surface area contributed by atoms with E-state index in [1.54, 1.807) is 11.3 Å². The largest absolute Gasteiger partial charge is 0.396 e. The van der Waals surface area contributed by atoms with Crippen LogP contribution in [0.1, 0.15) is 36.8 Å². The van der Waals surface area contributed by atoms with E-state index in [-0.39, 0.29) is 6.61 Å². The molecule has 3 heteroatoms. The summed E-state index contributed by atoms with van der Waals surface area (Å²) in [6.45, 7) is 6.63. The summed E-state index contributed by atoms with van der Waals surface area (Å²) in [5, 5.41) is 14.6. The molecule has 0 aliphatic heterocycles. The van der Waals surface area contributed by atoms with Crippen LogP contribution < -0.4 is 5.32 Å². The Morgan fingerprint density at radius 3 is 2.64 bits per heavy atom. The molecule has 0 radical (unpaired) electrons. The summed E-state index contributed by atoms with van der Waals surface area (Å²) in [6, 6.07) is 2.89. The van der Waals surface area contributed by atoms with E-state index in [1.165, 1.54) is 10.4 Å². The van der Waals surface area contributed by atoms with Gasteiger partial charge in [-0.2, -0.15) is 0 Å². The van der Waals surface area contributed by atoms with Crippen molar-refractivity contribution in [3.63, 3.8) is 0 Å². The summed E-state index contributed by atoms with van der Waals surface area (Å²) in [5.74, 6) is 0. The molecule has 0 unspecified atom stereocenters. The number of hydrogen-bond donors (Lipinski definition) is 2. The van der Waals surface area contributed by atoms with Crippen LogP contribution in [0.5, 0.6) is 0 Å². The summed E-state index contributed by atoms with van der Waals surface area (Å²) in [6.07, 6.45) is 0.791. The highest BCUT2D eigenvalue weighted by Gasteiger charge is 2.14. The highest BCUT2D eigenvalue weighted by molar-refractivity contribution is 7.10. The van der Waals surface area contributed by atoms with Gasteiger partial charge in [-0.15, -0.1) is 11.3 Å². The number of aryl methyl sites for hydroxylation is 1. The Morgan fingerprint density at radius 1 is 1.50 bits per heavy atom. The quantitative estimate of drug-likeness (QED) is 0.787. The molecule has 14 heavy (non-hydrogen) atoms. The molecule has 80 valence electrons. The van der Waals surface area contributed by atoms with E-state index in [0.29, 0.717) is 12.1 Å². The minimum atomic E-state index is 0.238. The van der Waals surface area contributed by atoms with E-state index >= 15 is 0 Å². The average Bonchev–Trinajstić information content (AvgIpc) is 2.50. The maximum atomic E-state index is 9.00. The van der Waals surface area contributed by atoms with E-state index in [0.717, 1.165) is 6.42 Å². The van der Waals surface area contributed by atoms with Crippen molar-refractivity contribution in [3.8, 4) is 0 Å². The molecule has 0 aromatic carbocycles. The zero-order chi connectivity index (χ0) is 10.6. The van der Waals surface area contributed by atoms with Crippen molar-refractivity contribution >= 4 is 11.3 Å². The van der Waals surface area contributed by atoms with Crippen molar-refractivity contribution in [1.82, 2.24) is 5.32 Å². The van der Waals surface area contributed by atoms with Gasteiger partial charge >= 0.3 is 0 Å². The number of aliphatic hydroxyl groups is 1. The Kier molecular flexibility index (Phi) is 4.58. The molecule has 1 aromatic heterocycles. The van der Waals surface area contributed by atoms with Crippen LogP contribution in [0.25, 0.3) is 0 Å². The SMILES string of the molecule is Cc1ccsc1[C@@H](CCO)NC(C)C. The van der Waals surface area contributed by atoms with Gasteiger partial charge in [-0.05, 0) is 30.4 Å². The van der Waals surface area contributed by atoms with Gasteiger partial charge in [-0.3, -0.25) is 0 Å². The zero-order valence-corrected chi connectivity index (χ0v) is 9.90. The van der Waals surface area contributed by atoms with E-state index in [9.17, 15) is 0 Å². The highest BCUT2D eigenvalue weighted by Crippen LogP contribution is 2.26. The Bertz CT molecular complexity index is 270. The van der Waals surface area contributed by atoms with Crippen LogP contribution >= 0.6 is 11.3 Å². The van der Waals surface area contributed by atoms with Gasteiger partial charge < -0.3 is 10.4 Å². The van der Waals surface area contributed by atoms with Crippen LogP contribution in [0.4, 0.5) is 0 Å². The molecule has 0 saturated heterocycles. The van der Waals surface area contributed by atoms with E-state index in [4.69, 9.17) is 5.11 Å². The molecular formula is C11H19NOS. The van der Waals surface area contributed by atoms with Gasteiger partial charge in [0.05, 0.1) is 0 Å². The number of hydrogen-bond acceptors (Lipinski definition) is 3.